The topological polar surface area (TPSA) is 63.2 Å². The Kier molecular flexibility index (Phi) is 2.51. The van der Waals surface area contributed by atoms with Gasteiger partial charge in [0.05, 0.1) is 12.4 Å². The van der Waals surface area contributed by atoms with Crippen molar-refractivity contribution in [3.8, 4) is 0 Å². The molecule has 1 rings (SSSR count). The Balaban J connectivity index is 3.21. The summed E-state index contributed by atoms with van der Waals surface area (Å²) in [4.78, 5) is 9.40. The Morgan fingerprint density at radius 1 is 1.31 bits per heavy atom. The van der Waals surface area contributed by atoms with Gasteiger partial charge in [-0.25, -0.2) is 13.4 Å². The van der Waals surface area contributed by atoms with Crippen LogP contribution in [-0.2, 0) is 9.84 Å². The summed E-state index contributed by atoms with van der Waals surface area (Å²) >= 11 is 0. The first kappa shape index (κ1) is 9.91. The van der Waals surface area contributed by atoms with Gasteiger partial charge < -0.3 is 4.90 Å². The fourth-order valence-corrected chi connectivity index (χ4v) is 1.24. The fraction of sp³-hybridized carbons (Fsp3) is 0.429. The van der Waals surface area contributed by atoms with Crippen molar-refractivity contribution < 1.29 is 8.42 Å². The minimum atomic E-state index is -3.26. The lowest BCUT2D eigenvalue weighted by Gasteiger charge is -2.10. The van der Waals surface area contributed by atoms with Crippen LogP contribution in [0.2, 0.25) is 0 Å². The first-order valence-corrected chi connectivity index (χ1v) is 5.50. The van der Waals surface area contributed by atoms with Crippen molar-refractivity contribution in [3.05, 3.63) is 12.4 Å². The van der Waals surface area contributed by atoms with Crippen molar-refractivity contribution in [2.45, 2.75) is 5.03 Å². The van der Waals surface area contributed by atoms with E-state index in [9.17, 15) is 8.42 Å². The van der Waals surface area contributed by atoms with E-state index in [4.69, 9.17) is 0 Å². The van der Waals surface area contributed by atoms with Crippen molar-refractivity contribution in [1.82, 2.24) is 9.97 Å². The number of aromatic nitrogens is 2. The number of nitrogens with zero attached hydrogens (tertiary/aromatic N) is 3. The Bertz CT molecular complexity index is 400. The van der Waals surface area contributed by atoms with Crippen LogP contribution in [0.4, 0.5) is 5.82 Å². The summed E-state index contributed by atoms with van der Waals surface area (Å²) < 4.78 is 22.2. The Hall–Kier alpha value is -1.17. The predicted octanol–water partition coefficient (Wildman–Crippen LogP) is -0.0539. The third-order valence-corrected chi connectivity index (χ3v) is 2.39. The molecule has 5 nitrogen and oxygen atoms in total. The van der Waals surface area contributed by atoms with E-state index >= 15 is 0 Å². The van der Waals surface area contributed by atoms with Crippen LogP contribution in [0.15, 0.2) is 17.4 Å². The van der Waals surface area contributed by atoms with Gasteiger partial charge in [0.1, 0.15) is 5.82 Å². The normalized spacial score (nSPS) is 11.3. The molecule has 0 amide bonds. The predicted molar refractivity (Wildman–Crippen MR) is 49.5 cm³/mol. The average Bonchev–Trinajstić information content (AvgIpc) is 2.03. The van der Waals surface area contributed by atoms with Gasteiger partial charge in [-0.2, -0.15) is 0 Å². The Morgan fingerprint density at radius 3 is 2.38 bits per heavy atom. The second-order valence-corrected chi connectivity index (χ2v) is 4.84. The zero-order chi connectivity index (χ0) is 10.1. The van der Waals surface area contributed by atoms with Crippen LogP contribution < -0.4 is 4.90 Å². The highest BCUT2D eigenvalue weighted by Gasteiger charge is 2.10. The highest BCUT2D eigenvalue weighted by Crippen LogP contribution is 2.09. The van der Waals surface area contributed by atoms with E-state index in [1.54, 1.807) is 19.0 Å². The highest BCUT2D eigenvalue weighted by atomic mass is 32.2. The van der Waals surface area contributed by atoms with Gasteiger partial charge in [-0.05, 0) is 0 Å². The molecule has 0 saturated heterocycles. The molecule has 0 aromatic carbocycles. The summed E-state index contributed by atoms with van der Waals surface area (Å²) in [5, 5.41) is -0.00120. The van der Waals surface area contributed by atoms with Gasteiger partial charge in [-0.1, -0.05) is 0 Å². The molecule has 13 heavy (non-hydrogen) atoms. The summed E-state index contributed by atoms with van der Waals surface area (Å²) in [5.41, 5.74) is 0. The smallest absolute Gasteiger partial charge is 0.194 e. The molecule has 0 N–H and O–H groups in total. The van der Waals surface area contributed by atoms with Crippen molar-refractivity contribution in [2.75, 3.05) is 25.3 Å². The van der Waals surface area contributed by atoms with Crippen LogP contribution in [0.1, 0.15) is 0 Å². The minimum Gasteiger partial charge on any atom is -0.361 e. The SMILES string of the molecule is CN(C)c1cncc(S(C)(=O)=O)n1. The highest BCUT2D eigenvalue weighted by molar-refractivity contribution is 7.90. The third-order valence-electron chi connectivity index (χ3n) is 1.44. The van der Waals surface area contributed by atoms with Crippen molar-refractivity contribution in [1.29, 1.82) is 0 Å². The van der Waals surface area contributed by atoms with E-state index in [1.807, 2.05) is 0 Å². The lowest BCUT2D eigenvalue weighted by atomic mass is 10.6. The maximum atomic E-state index is 11.1. The van der Waals surface area contributed by atoms with Gasteiger partial charge in [-0.15, -0.1) is 0 Å². The summed E-state index contributed by atoms with van der Waals surface area (Å²) in [6.45, 7) is 0. The van der Waals surface area contributed by atoms with Gasteiger partial charge in [0, 0.05) is 20.4 Å². The summed E-state index contributed by atoms with van der Waals surface area (Å²) in [7, 11) is 0.289. The lowest BCUT2D eigenvalue weighted by molar-refractivity contribution is 0.597. The Morgan fingerprint density at radius 2 is 1.92 bits per heavy atom. The molecule has 1 aromatic heterocycles. The lowest BCUT2D eigenvalue weighted by Crippen LogP contribution is -2.13. The van der Waals surface area contributed by atoms with E-state index in [2.05, 4.69) is 9.97 Å². The third kappa shape index (κ3) is 2.38. The number of hydrogen-bond donors (Lipinski definition) is 0. The van der Waals surface area contributed by atoms with Crippen molar-refractivity contribution in [3.63, 3.8) is 0 Å². The first-order chi connectivity index (χ1) is 5.91. The number of hydrogen-bond acceptors (Lipinski definition) is 5. The van der Waals surface area contributed by atoms with E-state index < -0.39 is 9.84 Å². The molecule has 1 aromatic rings. The molecule has 0 saturated carbocycles. The summed E-state index contributed by atoms with van der Waals surface area (Å²) in [6, 6.07) is 0. The molecule has 0 aliphatic carbocycles. The van der Waals surface area contributed by atoms with Crippen LogP contribution in [0.5, 0.6) is 0 Å². The largest absolute Gasteiger partial charge is 0.361 e. The molecule has 6 heteroatoms. The van der Waals surface area contributed by atoms with E-state index in [1.165, 1.54) is 12.4 Å². The monoisotopic (exact) mass is 201 g/mol. The zero-order valence-corrected chi connectivity index (χ0v) is 8.54. The first-order valence-electron chi connectivity index (χ1n) is 3.60. The second kappa shape index (κ2) is 3.29. The molecule has 72 valence electrons. The Labute approximate surface area is 77.4 Å². The van der Waals surface area contributed by atoms with Crippen LogP contribution in [0, 0.1) is 0 Å². The molecule has 1 heterocycles. The second-order valence-electron chi connectivity index (χ2n) is 2.88. The molecule has 0 aliphatic heterocycles. The number of rotatable bonds is 2. The van der Waals surface area contributed by atoms with Crippen LogP contribution in [0.3, 0.4) is 0 Å². The van der Waals surface area contributed by atoms with Crippen molar-refractivity contribution >= 4 is 15.7 Å². The fourth-order valence-electron chi connectivity index (χ4n) is 0.732. The molecule has 0 unspecified atom stereocenters. The maximum Gasteiger partial charge on any atom is 0.194 e. The molecular formula is C7H11N3O2S. The quantitative estimate of drug-likeness (QED) is 0.671. The summed E-state index contributed by atoms with van der Waals surface area (Å²) in [5.74, 6) is 0.530. The van der Waals surface area contributed by atoms with Gasteiger partial charge in [-0.3, -0.25) is 4.98 Å². The van der Waals surface area contributed by atoms with E-state index in [0.717, 1.165) is 6.26 Å². The molecule has 0 spiro atoms. The zero-order valence-electron chi connectivity index (χ0n) is 7.72. The molecule has 0 fully saturated rings. The molecule has 0 radical (unpaired) electrons. The van der Waals surface area contributed by atoms with E-state index in [-0.39, 0.29) is 5.03 Å². The minimum absolute atomic E-state index is 0.00120. The van der Waals surface area contributed by atoms with Crippen LogP contribution >= 0.6 is 0 Å². The van der Waals surface area contributed by atoms with Crippen LogP contribution in [0.25, 0.3) is 0 Å². The van der Waals surface area contributed by atoms with Gasteiger partial charge in [0.15, 0.2) is 14.9 Å². The van der Waals surface area contributed by atoms with Gasteiger partial charge in [0.25, 0.3) is 0 Å². The van der Waals surface area contributed by atoms with Crippen molar-refractivity contribution in [2.24, 2.45) is 0 Å². The standard InChI is InChI=1S/C7H11N3O2S/c1-10(2)6-4-8-5-7(9-6)13(3,11)12/h4-5H,1-3H3. The molecular weight excluding hydrogens is 190 g/mol. The van der Waals surface area contributed by atoms with E-state index in [0.29, 0.717) is 5.82 Å². The average molecular weight is 201 g/mol. The van der Waals surface area contributed by atoms with Gasteiger partial charge >= 0.3 is 0 Å². The maximum absolute atomic E-state index is 11.1. The summed E-state index contributed by atoms with van der Waals surface area (Å²) in [6.07, 6.45) is 3.85. The molecule has 0 bridgehead atoms. The van der Waals surface area contributed by atoms with Gasteiger partial charge in [0.2, 0.25) is 0 Å². The van der Waals surface area contributed by atoms with Crippen LogP contribution in [-0.4, -0.2) is 38.7 Å². The molecule has 0 atom stereocenters. The number of anilines is 1. The number of sulfone groups is 1. The molecule has 0 aliphatic rings.